The normalized spacial score (nSPS) is 12.8. The van der Waals surface area contributed by atoms with Crippen molar-refractivity contribution in [3.63, 3.8) is 0 Å². The molecule has 1 unspecified atom stereocenters. The highest BCUT2D eigenvalue weighted by Crippen LogP contribution is 2.40. The first-order valence-electron chi connectivity index (χ1n) is 4.41. The summed E-state index contributed by atoms with van der Waals surface area (Å²) in [7, 11) is 0. The maximum Gasteiger partial charge on any atom is 0.0957 e. The molecular weight excluding hydrogens is 350 g/mol. The molecule has 0 spiro atoms. The van der Waals surface area contributed by atoms with Crippen molar-refractivity contribution >= 4 is 62.1 Å². The molecule has 0 saturated heterocycles. The molecule has 84 valence electrons. The monoisotopic (exact) mass is 354 g/mol. The van der Waals surface area contributed by atoms with Gasteiger partial charge in [-0.3, -0.25) is 0 Å². The van der Waals surface area contributed by atoms with Gasteiger partial charge in [-0.25, -0.2) is 0 Å². The standard InChI is InChI=1S/C11H6BrCl3S/c12-6-1-2-7(9(14)5-6)10(15)11-8(13)3-4-16-11/h1-5,10H. The number of benzene rings is 1. The van der Waals surface area contributed by atoms with Crippen LogP contribution in [0.25, 0.3) is 0 Å². The zero-order chi connectivity index (χ0) is 11.7. The van der Waals surface area contributed by atoms with Crippen molar-refractivity contribution < 1.29 is 0 Å². The Balaban J connectivity index is 2.41. The maximum absolute atomic E-state index is 6.36. The number of halogens is 4. The van der Waals surface area contributed by atoms with Crippen molar-refractivity contribution in [3.05, 3.63) is 54.6 Å². The summed E-state index contributed by atoms with van der Waals surface area (Å²) < 4.78 is 0.933. The number of alkyl halides is 1. The van der Waals surface area contributed by atoms with Gasteiger partial charge in [0, 0.05) is 14.4 Å². The third kappa shape index (κ3) is 2.57. The molecule has 0 radical (unpaired) electrons. The highest BCUT2D eigenvalue weighted by atomic mass is 79.9. The van der Waals surface area contributed by atoms with Crippen LogP contribution in [0.3, 0.4) is 0 Å². The highest BCUT2D eigenvalue weighted by molar-refractivity contribution is 9.10. The summed E-state index contributed by atoms with van der Waals surface area (Å²) in [4.78, 5) is 0.924. The van der Waals surface area contributed by atoms with Gasteiger partial charge >= 0.3 is 0 Å². The Morgan fingerprint density at radius 1 is 1.12 bits per heavy atom. The van der Waals surface area contributed by atoms with Gasteiger partial charge in [0.15, 0.2) is 0 Å². The molecule has 1 atom stereocenters. The molecule has 0 fully saturated rings. The Hall–Kier alpha value is 0.270. The van der Waals surface area contributed by atoms with E-state index in [9.17, 15) is 0 Å². The average molecular weight is 356 g/mol. The van der Waals surface area contributed by atoms with Crippen LogP contribution in [0, 0.1) is 0 Å². The molecule has 0 saturated carbocycles. The molecule has 0 bridgehead atoms. The van der Waals surface area contributed by atoms with Crippen LogP contribution >= 0.6 is 62.1 Å². The first kappa shape index (κ1) is 12.7. The zero-order valence-electron chi connectivity index (χ0n) is 7.88. The van der Waals surface area contributed by atoms with Crippen LogP contribution < -0.4 is 0 Å². The lowest BCUT2D eigenvalue weighted by atomic mass is 10.1. The quantitative estimate of drug-likeness (QED) is 0.567. The summed E-state index contributed by atoms with van der Waals surface area (Å²) in [5, 5.41) is 2.94. The summed E-state index contributed by atoms with van der Waals surface area (Å²) in [6.07, 6.45) is 0. The van der Waals surface area contributed by atoms with Gasteiger partial charge in [-0.2, -0.15) is 0 Å². The predicted octanol–water partition coefficient (Wildman–Crippen LogP) is 6.15. The summed E-state index contributed by atoms with van der Waals surface area (Å²) in [5.74, 6) is 0. The van der Waals surface area contributed by atoms with E-state index in [1.54, 1.807) is 0 Å². The first-order valence-corrected chi connectivity index (χ1v) is 7.28. The minimum atomic E-state index is -0.298. The van der Waals surface area contributed by atoms with Crippen LogP contribution in [-0.2, 0) is 0 Å². The molecule has 1 aromatic carbocycles. The van der Waals surface area contributed by atoms with E-state index >= 15 is 0 Å². The third-order valence-electron chi connectivity index (χ3n) is 2.11. The molecule has 1 aromatic heterocycles. The predicted molar refractivity (Wildman–Crippen MR) is 76.2 cm³/mol. The molecule has 0 aliphatic carbocycles. The van der Waals surface area contributed by atoms with Gasteiger partial charge in [0.05, 0.1) is 10.4 Å². The van der Waals surface area contributed by atoms with E-state index < -0.39 is 0 Å². The fraction of sp³-hybridized carbons (Fsp3) is 0.0909. The van der Waals surface area contributed by atoms with Crippen molar-refractivity contribution in [2.75, 3.05) is 0 Å². The first-order chi connectivity index (χ1) is 7.59. The smallest absolute Gasteiger partial charge is 0.0957 e. The van der Waals surface area contributed by atoms with Gasteiger partial charge in [-0.05, 0) is 29.1 Å². The van der Waals surface area contributed by atoms with Gasteiger partial charge in [-0.1, -0.05) is 45.2 Å². The maximum atomic E-state index is 6.36. The summed E-state index contributed by atoms with van der Waals surface area (Å²) >= 11 is 23.4. The van der Waals surface area contributed by atoms with E-state index in [4.69, 9.17) is 34.8 Å². The fourth-order valence-corrected chi connectivity index (χ4v) is 3.85. The SMILES string of the molecule is Clc1cc(Br)ccc1C(Cl)c1sccc1Cl. The fourth-order valence-electron chi connectivity index (χ4n) is 1.33. The molecule has 5 heteroatoms. The van der Waals surface area contributed by atoms with Crippen LogP contribution in [0.5, 0.6) is 0 Å². The van der Waals surface area contributed by atoms with Crippen molar-refractivity contribution in [1.82, 2.24) is 0 Å². The Bertz CT molecular complexity index is 510. The lowest BCUT2D eigenvalue weighted by Crippen LogP contribution is -1.92. The molecule has 0 N–H and O–H groups in total. The number of rotatable bonds is 2. The second-order valence-corrected chi connectivity index (χ2v) is 6.28. The lowest BCUT2D eigenvalue weighted by Gasteiger charge is -2.10. The molecular formula is C11H6BrCl3S. The minimum absolute atomic E-state index is 0.298. The summed E-state index contributed by atoms with van der Waals surface area (Å²) in [6, 6.07) is 7.48. The van der Waals surface area contributed by atoms with E-state index in [-0.39, 0.29) is 5.38 Å². The Labute approximate surface area is 121 Å². The highest BCUT2D eigenvalue weighted by Gasteiger charge is 2.18. The lowest BCUT2D eigenvalue weighted by molar-refractivity contribution is 1.18. The second kappa shape index (κ2) is 5.28. The summed E-state index contributed by atoms with van der Waals surface area (Å²) in [5.41, 5.74) is 0.871. The number of thiophene rings is 1. The topological polar surface area (TPSA) is 0 Å². The molecule has 2 aromatic rings. The number of hydrogen-bond acceptors (Lipinski definition) is 1. The van der Waals surface area contributed by atoms with Crippen molar-refractivity contribution in [3.8, 4) is 0 Å². The zero-order valence-corrected chi connectivity index (χ0v) is 12.6. The van der Waals surface area contributed by atoms with E-state index in [0.717, 1.165) is 14.9 Å². The second-order valence-electron chi connectivity index (χ2n) is 3.16. The third-order valence-corrected chi connectivity index (χ3v) is 4.94. The molecule has 2 rings (SSSR count). The Morgan fingerprint density at radius 3 is 2.44 bits per heavy atom. The van der Waals surface area contributed by atoms with Gasteiger partial charge < -0.3 is 0 Å². The largest absolute Gasteiger partial charge is 0.145 e. The van der Waals surface area contributed by atoms with Crippen LogP contribution in [0.1, 0.15) is 15.8 Å². The van der Waals surface area contributed by atoms with Crippen molar-refractivity contribution in [1.29, 1.82) is 0 Å². The van der Waals surface area contributed by atoms with Crippen LogP contribution in [0.15, 0.2) is 34.1 Å². The van der Waals surface area contributed by atoms with E-state index in [0.29, 0.717) is 10.0 Å². The summed E-state index contributed by atoms with van der Waals surface area (Å²) in [6.45, 7) is 0. The molecule has 0 nitrogen and oxygen atoms in total. The van der Waals surface area contributed by atoms with Gasteiger partial charge in [-0.15, -0.1) is 22.9 Å². The number of hydrogen-bond donors (Lipinski definition) is 0. The van der Waals surface area contributed by atoms with Gasteiger partial charge in [0.2, 0.25) is 0 Å². The molecule has 16 heavy (non-hydrogen) atoms. The van der Waals surface area contributed by atoms with Gasteiger partial charge in [0.1, 0.15) is 0 Å². The molecule has 0 aliphatic rings. The van der Waals surface area contributed by atoms with E-state index in [1.807, 2.05) is 29.6 Å². The van der Waals surface area contributed by atoms with Gasteiger partial charge in [0.25, 0.3) is 0 Å². The average Bonchev–Trinajstić information content (AvgIpc) is 2.63. The Kier molecular flexibility index (Phi) is 4.20. The molecule has 0 aliphatic heterocycles. The van der Waals surface area contributed by atoms with E-state index in [2.05, 4.69) is 15.9 Å². The van der Waals surface area contributed by atoms with E-state index in [1.165, 1.54) is 11.3 Å². The minimum Gasteiger partial charge on any atom is -0.145 e. The van der Waals surface area contributed by atoms with Crippen LogP contribution in [0.2, 0.25) is 10.0 Å². The molecule has 0 amide bonds. The van der Waals surface area contributed by atoms with Crippen LogP contribution in [-0.4, -0.2) is 0 Å². The van der Waals surface area contributed by atoms with Crippen LogP contribution in [0.4, 0.5) is 0 Å². The Morgan fingerprint density at radius 2 is 1.88 bits per heavy atom. The van der Waals surface area contributed by atoms with Crippen molar-refractivity contribution in [2.24, 2.45) is 0 Å². The molecule has 1 heterocycles. The van der Waals surface area contributed by atoms with Crippen molar-refractivity contribution in [2.45, 2.75) is 5.38 Å².